The molecule has 6 aliphatic rings. The lowest BCUT2D eigenvalue weighted by Gasteiger charge is -2.50. The van der Waals surface area contributed by atoms with Crippen LogP contribution in [0, 0.1) is 17.8 Å². The van der Waals surface area contributed by atoms with Crippen molar-refractivity contribution in [3.63, 3.8) is 0 Å². The average molecular weight is 1290 g/mol. The molecule has 26 heteroatoms. The molecule has 0 spiro atoms. The summed E-state index contributed by atoms with van der Waals surface area (Å²) in [4.78, 5) is 134. The van der Waals surface area contributed by atoms with Crippen molar-refractivity contribution in [3.05, 3.63) is 77.9 Å². The van der Waals surface area contributed by atoms with Crippen LogP contribution in [0.5, 0.6) is 0 Å². The van der Waals surface area contributed by atoms with Gasteiger partial charge >= 0.3 is 30.2 Å². The number of piperidine rings is 2. The Morgan fingerprint density at radius 3 is 2.17 bits per heavy atom. The number of carbonyl (C=O) groups is 10. The molecule has 4 saturated heterocycles. The number of amides is 9. The van der Waals surface area contributed by atoms with Crippen molar-refractivity contribution in [1.29, 1.82) is 0 Å². The minimum absolute atomic E-state index is 0.000682. The number of imide groups is 1. The molecule has 6 aliphatic heterocycles. The highest BCUT2D eigenvalue weighted by atomic mass is 16.6. The number of aliphatic hydroxyl groups excluding tert-OH is 2. The number of aliphatic hydroxyl groups is 3. The lowest BCUT2D eigenvalue weighted by Crippen LogP contribution is -2.65. The Morgan fingerprint density at radius 1 is 0.891 bits per heavy atom. The van der Waals surface area contributed by atoms with E-state index in [2.05, 4.69) is 21.3 Å². The van der Waals surface area contributed by atoms with Gasteiger partial charge in [0, 0.05) is 75.6 Å². The standard InChI is InChI=1S/C66H96N8O18/c1-10-50(77)42(6)59-51(89-59)35-65(8,87)30-14-16-40(4)58-41(5)19-26-52(66(9,92-43(7)75)31-29-48(76)34-56(81)91-58)90-64(86)74-37-46-24-25-47(74)36-73(46)63(85)88-38-44-20-22-45(23-21-44)69-60(82)49(17-15-32-68-62(67)84)70-61(83)57(39(2)3)71-53(78)18-12-11-13-33-72-54(79)27-28-55(72)80/h14,16,19-23,26-28,30,39,41-42,46-52,57-59,76-77,87H,10-13,15,17-18,24-25,29,31-38H2,1-9H3,(H,69,82)(H,70,83)(H,71,78)(H3,67,68,84)/b26-19+,30-14+,40-16+/t41-,42+,46+,47?,48+,49-,50-,51+,52-,57-,58+,59+,65?,66+/m0/s1. The number of fused-ring (bicyclic) bond motifs is 3. The maximum absolute atomic E-state index is 14.4. The van der Waals surface area contributed by atoms with Crippen molar-refractivity contribution < 1.29 is 86.9 Å². The molecule has 4 fully saturated rings. The maximum Gasteiger partial charge on any atom is 0.410 e. The van der Waals surface area contributed by atoms with E-state index in [0.717, 1.165) is 4.90 Å². The predicted molar refractivity (Wildman–Crippen MR) is 336 cm³/mol. The minimum Gasteiger partial charge on any atom is -0.457 e. The second-order valence-corrected chi connectivity index (χ2v) is 25.8. The van der Waals surface area contributed by atoms with Crippen LogP contribution in [0.1, 0.15) is 151 Å². The Hall–Kier alpha value is -7.68. The topological polar surface area (TPSA) is 365 Å². The number of nitrogens with two attached hydrogens (primary N) is 1. The summed E-state index contributed by atoms with van der Waals surface area (Å²) in [5.41, 5.74) is 4.03. The number of benzene rings is 1. The molecule has 0 aliphatic carbocycles. The van der Waals surface area contributed by atoms with Gasteiger partial charge in [-0.1, -0.05) is 77.5 Å². The fourth-order valence-electron chi connectivity index (χ4n) is 12.0. The quantitative estimate of drug-likeness (QED) is 0.0101. The van der Waals surface area contributed by atoms with Crippen LogP contribution in [0.25, 0.3) is 0 Å². The summed E-state index contributed by atoms with van der Waals surface area (Å²) < 4.78 is 29.7. The molecule has 0 saturated carbocycles. The highest BCUT2D eigenvalue weighted by Gasteiger charge is 2.49. The van der Waals surface area contributed by atoms with E-state index in [1.807, 2.05) is 13.8 Å². The fourth-order valence-corrected chi connectivity index (χ4v) is 12.0. The Morgan fingerprint density at radius 2 is 1.55 bits per heavy atom. The molecule has 92 heavy (non-hydrogen) atoms. The van der Waals surface area contributed by atoms with Crippen molar-refractivity contribution in [2.75, 3.05) is 31.5 Å². The van der Waals surface area contributed by atoms with E-state index in [4.69, 9.17) is 29.4 Å². The van der Waals surface area contributed by atoms with Gasteiger partial charge < -0.3 is 75.8 Å². The second kappa shape index (κ2) is 33.8. The fraction of sp³-hybridized carbons (Fsp3) is 0.636. The predicted octanol–water partition coefficient (Wildman–Crippen LogP) is 5.26. The van der Waals surface area contributed by atoms with Crippen LogP contribution in [-0.2, 0) is 63.9 Å². The Bertz CT molecular complexity index is 2890. The van der Waals surface area contributed by atoms with Gasteiger partial charge in [-0.2, -0.15) is 0 Å². The second-order valence-electron chi connectivity index (χ2n) is 25.8. The van der Waals surface area contributed by atoms with Gasteiger partial charge in [-0.3, -0.25) is 38.5 Å². The molecule has 2 unspecified atom stereocenters. The third-order valence-electron chi connectivity index (χ3n) is 17.6. The van der Waals surface area contributed by atoms with Crippen LogP contribution in [0.15, 0.2) is 72.4 Å². The number of nitrogens with one attached hydrogen (secondary N) is 4. The van der Waals surface area contributed by atoms with E-state index in [1.165, 1.54) is 19.1 Å². The number of hydrogen-bond donors (Lipinski definition) is 8. The van der Waals surface area contributed by atoms with E-state index in [9.17, 15) is 63.3 Å². The minimum atomic E-state index is -1.50. The van der Waals surface area contributed by atoms with Gasteiger partial charge in [0.15, 0.2) is 6.10 Å². The van der Waals surface area contributed by atoms with E-state index in [1.54, 1.807) is 106 Å². The molecule has 6 heterocycles. The molecule has 1 aromatic rings. The third-order valence-corrected chi connectivity index (χ3v) is 17.6. The van der Waals surface area contributed by atoms with Gasteiger partial charge in [-0.05, 0) is 114 Å². The number of piperazine rings is 1. The van der Waals surface area contributed by atoms with Crippen LogP contribution in [0.3, 0.4) is 0 Å². The maximum atomic E-state index is 14.4. The first-order valence-electron chi connectivity index (χ1n) is 32.1. The molecular weight excluding hydrogens is 1190 g/mol. The monoisotopic (exact) mass is 1290 g/mol. The number of epoxide rings is 1. The third kappa shape index (κ3) is 21.7. The molecule has 7 rings (SSSR count). The zero-order valence-corrected chi connectivity index (χ0v) is 54.5. The smallest absolute Gasteiger partial charge is 0.410 e. The van der Waals surface area contributed by atoms with E-state index in [0.29, 0.717) is 61.8 Å². The lowest BCUT2D eigenvalue weighted by atomic mass is 9.88. The number of nitrogens with zero attached hydrogens (tertiary/aromatic N) is 3. The van der Waals surface area contributed by atoms with Crippen LogP contribution in [0.4, 0.5) is 20.1 Å². The molecule has 2 bridgehead atoms. The van der Waals surface area contributed by atoms with Crippen molar-refractivity contribution in [2.45, 2.75) is 224 Å². The Balaban J connectivity index is 1.04. The average Bonchev–Trinajstić information content (AvgIpc) is 1.06. The number of anilines is 1. The van der Waals surface area contributed by atoms with Crippen molar-refractivity contribution in [3.8, 4) is 0 Å². The van der Waals surface area contributed by atoms with Gasteiger partial charge in [0.1, 0.15) is 30.4 Å². The number of primary amides is 1. The summed E-state index contributed by atoms with van der Waals surface area (Å²) >= 11 is 0. The molecule has 9 amide bonds. The number of esters is 2. The molecule has 14 atom stereocenters. The molecule has 0 radical (unpaired) electrons. The summed E-state index contributed by atoms with van der Waals surface area (Å²) in [5, 5.41) is 43.4. The summed E-state index contributed by atoms with van der Waals surface area (Å²) in [6.45, 7) is 15.9. The van der Waals surface area contributed by atoms with E-state index >= 15 is 0 Å². The molecular formula is C66H96N8O18. The molecule has 26 nitrogen and oxygen atoms in total. The number of allylic oxidation sites excluding steroid dienone is 2. The van der Waals surface area contributed by atoms with Crippen LogP contribution < -0.4 is 27.0 Å². The normalized spacial score (nSPS) is 26.5. The largest absolute Gasteiger partial charge is 0.457 e. The van der Waals surface area contributed by atoms with Crippen LogP contribution >= 0.6 is 0 Å². The highest BCUT2D eigenvalue weighted by Crippen LogP contribution is 2.38. The number of ether oxygens (including phenoxy) is 5. The van der Waals surface area contributed by atoms with E-state index < -0.39 is 108 Å². The highest BCUT2D eigenvalue weighted by molar-refractivity contribution is 6.12. The molecule has 508 valence electrons. The summed E-state index contributed by atoms with van der Waals surface area (Å²) in [5.74, 6) is -4.61. The SMILES string of the molecule is CC[C@H](O)[C@@H](C)[C@H]1O[C@@H]1CC(C)(O)/C=C/C=C(\C)[C@H]1OC(=O)C[C@H](O)CC[C@@](C)(OC(C)=O)[C@@H](OC(=O)N2C[C@H]3CCC2CN3C(=O)OCc2ccc(NC(=O)[C@H](CCCNC(N)=O)NC(=O)[C@@H](NC(=O)CCCCCN3C(=O)C=CC3=O)C(C)C)cc2)/C=C/[C@@H]1C. The number of urea groups is 1. The summed E-state index contributed by atoms with van der Waals surface area (Å²) in [6.07, 6.45) is 8.91. The van der Waals surface area contributed by atoms with Crippen LogP contribution in [-0.4, -0.2) is 188 Å². The Labute approximate surface area is 538 Å². The number of carbonyl (C=O) groups excluding carboxylic acids is 10. The zero-order chi connectivity index (χ0) is 67.6. The van der Waals surface area contributed by atoms with Crippen LogP contribution in [0.2, 0.25) is 0 Å². The van der Waals surface area contributed by atoms with Gasteiger partial charge in [0.05, 0.1) is 48.5 Å². The van der Waals surface area contributed by atoms with Gasteiger partial charge in [-0.25, -0.2) is 14.4 Å². The van der Waals surface area contributed by atoms with E-state index in [-0.39, 0.29) is 113 Å². The van der Waals surface area contributed by atoms with Gasteiger partial charge in [0.25, 0.3) is 11.8 Å². The van der Waals surface area contributed by atoms with Crippen molar-refractivity contribution >= 4 is 65.4 Å². The number of cyclic esters (lactones) is 1. The lowest BCUT2D eigenvalue weighted by molar-refractivity contribution is -0.168. The summed E-state index contributed by atoms with van der Waals surface area (Å²) in [6, 6.07) is 2.77. The number of rotatable bonds is 28. The molecule has 9 N–H and O–H groups in total. The number of hydrogen-bond acceptors (Lipinski definition) is 18. The first-order chi connectivity index (χ1) is 43.5. The van der Waals surface area contributed by atoms with Crippen molar-refractivity contribution in [1.82, 2.24) is 30.7 Å². The van der Waals surface area contributed by atoms with Gasteiger partial charge in [0.2, 0.25) is 17.7 Å². The first kappa shape index (κ1) is 73.4. The Kier molecular flexibility index (Phi) is 26.9. The van der Waals surface area contributed by atoms with Gasteiger partial charge in [-0.15, -0.1) is 0 Å². The summed E-state index contributed by atoms with van der Waals surface area (Å²) in [7, 11) is 0. The zero-order valence-electron chi connectivity index (χ0n) is 54.5. The van der Waals surface area contributed by atoms with Crippen molar-refractivity contribution in [2.24, 2.45) is 23.5 Å². The molecule has 0 aromatic heterocycles. The number of unbranched alkanes of at least 4 members (excludes halogenated alkanes) is 2. The molecule has 1 aromatic carbocycles. The first-order valence-corrected chi connectivity index (χ1v) is 32.1.